The van der Waals surface area contributed by atoms with Crippen molar-refractivity contribution in [1.82, 2.24) is 0 Å². The molecule has 0 amide bonds. The van der Waals surface area contributed by atoms with Crippen molar-refractivity contribution in [3.8, 4) is 0 Å². The summed E-state index contributed by atoms with van der Waals surface area (Å²) in [6.45, 7) is 4.40. The van der Waals surface area contributed by atoms with Gasteiger partial charge in [0.05, 0.1) is 30.3 Å². The van der Waals surface area contributed by atoms with E-state index >= 15 is 0 Å². The molecule has 5 rings (SSSR count). The highest BCUT2D eigenvalue weighted by Gasteiger charge is 2.72. The van der Waals surface area contributed by atoms with Crippen LogP contribution in [-0.2, 0) is 18.9 Å². The van der Waals surface area contributed by atoms with Gasteiger partial charge in [0.1, 0.15) is 0 Å². The second-order valence-corrected chi connectivity index (χ2v) is 7.30. The summed E-state index contributed by atoms with van der Waals surface area (Å²) in [4.78, 5) is 11.3. The molecule has 0 radical (unpaired) electrons. The average Bonchev–Trinajstić information content (AvgIpc) is 3.23. The Labute approximate surface area is 117 Å². The van der Waals surface area contributed by atoms with Crippen LogP contribution in [0.25, 0.3) is 0 Å². The molecule has 5 fully saturated rings. The molecule has 1 spiro atoms. The Hall–Kier alpha value is -0.810. The molecule has 5 aliphatic rings. The number of hydrogen-bond donors (Lipinski definition) is 0. The van der Waals surface area contributed by atoms with Crippen LogP contribution < -0.4 is 0 Å². The Morgan fingerprint density at radius 3 is 2.50 bits per heavy atom. The predicted octanol–water partition coefficient (Wildman–Crippen LogP) is 2.09. The maximum Gasteiger partial charge on any atom is 0.514 e. The SMILES string of the molecule is CC1CC2OC2CC1C1C2OC2CC(C)C12OC(=O)O2. The van der Waals surface area contributed by atoms with E-state index in [4.69, 9.17) is 18.9 Å². The first-order chi connectivity index (χ1) is 9.58. The van der Waals surface area contributed by atoms with Crippen LogP contribution in [0.15, 0.2) is 0 Å². The van der Waals surface area contributed by atoms with Crippen LogP contribution in [0, 0.1) is 23.7 Å². The number of fused-ring (bicyclic) bond motifs is 2. The van der Waals surface area contributed by atoms with Gasteiger partial charge < -0.3 is 18.9 Å². The van der Waals surface area contributed by atoms with E-state index in [0.29, 0.717) is 30.1 Å². The van der Waals surface area contributed by atoms with Gasteiger partial charge in [-0.15, -0.1) is 0 Å². The van der Waals surface area contributed by atoms with Crippen LogP contribution in [0.2, 0.25) is 0 Å². The van der Waals surface area contributed by atoms with Gasteiger partial charge in [-0.2, -0.15) is 0 Å². The van der Waals surface area contributed by atoms with E-state index in [2.05, 4.69) is 13.8 Å². The molecule has 0 N–H and O–H groups in total. The van der Waals surface area contributed by atoms with Crippen molar-refractivity contribution in [2.45, 2.75) is 63.3 Å². The number of rotatable bonds is 1. The molecule has 0 aromatic carbocycles. The highest BCUT2D eigenvalue weighted by molar-refractivity contribution is 5.66. The van der Waals surface area contributed by atoms with E-state index in [1.54, 1.807) is 0 Å². The molecule has 5 heteroatoms. The van der Waals surface area contributed by atoms with E-state index in [-0.39, 0.29) is 17.9 Å². The molecule has 20 heavy (non-hydrogen) atoms. The summed E-state index contributed by atoms with van der Waals surface area (Å²) in [5.74, 6) is 0.687. The van der Waals surface area contributed by atoms with E-state index in [1.165, 1.54) is 0 Å². The summed E-state index contributed by atoms with van der Waals surface area (Å²) < 4.78 is 22.7. The van der Waals surface area contributed by atoms with Crippen LogP contribution in [-0.4, -0.2) is 36.4 Å². The number of carbonyl (C=O) groups excluding carboxylic acids is 1. The third-order valence-electron chi connectivity index (χ3n) is 6.19. The molecule has 0 aromatic heterocycles. The molecular formula is C15H20O5. The van der Waals surface area contributed by atoms with Gasteiger partial charge >= 0.3 is 6.16 Å². The number of ether oxygens (including phenoxy) is 4. The van der Waals surface area contributed by atoms with Gasteiger partial charge in [0.25, 0.3) is 5.79 Å². The Kier molecular flexibility index (Phi) is 2.07. The summed E-state index contributed by atoms with van der Waals surface area (Å²) in [5.41, 5.74) is 0. The third-order valence-corrected chi connectivity index (χ3v) is 6.19. The summed E-state index contributed by atoms with van der Waals surface area (Å²) in [6, 6.07) is 0. The van der Waals surface area contributed by atoms with Gasteiger partial charge in [-0.1, -0.05) is 13.8 Å². The van der Waals surface area contributed by atoms with Gasteiger partial charge in [-0.05, 0) is 31.1 Å². The van der Waals surface area contributed by atoms with Crippen molar-refractivity contribution in [1.29, 1.82) is 0 Å². The fraction of sp³-hybridized carbons (Fsp3) is 0.933. The van der Waals surface area contributed by atoms with Crippen molar-refractivity contribution < 1.29 is 23.7 Å². The number of hydrogen-bond acceptors (Lipinski definition) is 5. The highest BCUT2D eigenvalue weighted by atomic mass is 16.9. The van der Waals surface area contributed by atoms with E-state index < -0.39 is 11.9 Å². The summed E-state index contributed by atoms with van der Waals surface area (Å²) in [7, 11) is 0. The molecule has 2 saturated carbocycles. The Balaban J connectivity index is 1.48. The zero-order chi connectivity index (χ0) is 13.6. The van der Waals surface area contributed by atoms with Gasteiger partial charge in [-0.25, -0.2) is 4.79 Å². The quantitative estimate of drug-likeness (QED) is 0.543. The third kappa shape index (κ3) is 1.38. The predicted molar refractivity (Wildman–Crippen MR) is 66.8 cm³/mol. The topological polar surface area (TPSA) is 60.6 Å². The molecule has 0 bridgehead atoms. The zero-order valence-electron chi connectivity index (χ0n) is 11.8. The molecule has 8 unspecified atom stereocenters. The minimum Gasteiger partial charge on any atom is -0.390 e. The van der Waals surface area contributed by atoms with Crippen LogP contribution in [0.5, 0.6) is 0 Å². The smallest absolute Gasteiger partial charge is 0.390 e. The van der Waals surface area contributed by atoms with Crippen LogP contribution in [0.1, 0.15) is 33.1 Å². The number of carbonyl (C=O) groups is 1. The average molecular weight is 280 g/mol. The van der Waals surface area contributed by atoms with Crippen molar-refractivity contribution in [2.24, 2.45) is 23.7 Å². The first kappa shape index (κ1) is 11.8. The van der Waals surface area contributed by atoms with Crippen LogP contribution in [0.4, 0.5) is 4.79 Å². The molecule has 110 valence electrons. The maximum absolute atomic E-state index is 11.3. The lowest BCUT2D eigenvalue weighted by Gasteiger charge is -2.53. The van der Waals surface area contributed by atoms with E-state index in [9.17, 15) is 4.79 Å². The van der Waals surface area contributed by atoms with Crippen molar-refractivity contribution in [3.63, 3.8) is 0 Å². The minimum atomic E-state index is -0.727. The van der Waals surface area contributed by atoms with Crippen molar-refractivity contribution in [3.05, 3.63) is 0 Å². The standard InChI is InChI=1S/C15H20O5/c1-6-3-9-10(17-9)5-8(6)12-13-11(18-13)4-7(2)15(12)19-14(16)20-15/h6-13H,3-5H2,1-2H3. The lowest BCUT2D eigenvalue weighted by molar-refractivity contribution is -0.339. The normalized spacial score (nSPS) is 57.8. The van der Waals surface area contributed by atoms with Gasteiger partial charge in [0, 0.05) is 5.92 Å². The zero-order valence-corrected chi connectivity index (χ0v) is 11.8. The molecule has 5 nitrogen and oxygen atoms in total. The Morgan fingerprint density at radius 1 is 1.00 bits per heavy atom. The molecule has 0 aromatic rings. The molecule has 3 aliphatic heterocycles. The first-order valence-electron chi connectivity index (χ1n) is 7.81. The van der Waals surface area contributed by atoms with Gasteiger partial charge in [0.15, 0.2) is 0 Å². The minimum absolute atomic E-state index is 0.175. The molecule has 3 saturated heterocycles. The van der Waals surface area contributed by atoms with E-state index in [0.717, 1.165) is 19.3 Å². The van der Waals surface area contributed by atoms with Gasteiger partial charge in [0.2, 0.25) is 0 Å². The molecule has 2 aliphatic carbocycles. The summed E-state index contributed by atoms with van der Waals surface area (Å²) in [5, 5.41) is 0. The maximum atomic E-state index is 11.3. The van der Waals surface area contributed by atoms with Gasteiger partial charge in [-0.3, -0.25) is 0 Å². The monoisotopic (exact) mass is 280 g/mol. The molecule has 8 atom stereocenters. The molecule has 3 heterocycles. The summed E-state index contributed by atoms with van der Waals surface area (Å²) in [6.07, 6.45) is 4.01. The van der Waals surface area contributed by atoms with E-state index in [1.807, 2.05) is 0 Å². The van der Waals surface area contributed by atoms with Crippen molar-refractivity contribution in [2.75, 3.05) is 0 Å². The van der Waals surface area contributed by atoms with Crippen LogP contribution in [0.3, 0.4) is 0 Å². The lowest BCUT2D eigenvalue weighted by Crippen LogP contribution is -2.65. The fourth-order valence-electron chi connectivity index (χ4n) is 5.02. The Morgan fingerprint density at radius 2 is 1.75 bits per heavy atom. The highest BCUT2D eigenvalue weighted by Crippen LogP contribution is 2.60. The number of epoxide rings is 2. The lowest BCUT2D eigenvalue weighted by atomic mass is 9.63. The molecular weight excluding hydrogens is 260 g/mol. The second-order valence-electron chi connectivity index (χ2n) is 7.30. The fourth-order valence-corrected chi connectivity index (χ4v) is 5.02. The largest absolute Gasteiger partial charge is 0.514 e. The van der Waals surface area contributed by atoms with Crippen LogP contribution >= 0.6 is 0 Å². The Bertz CT molecular complexity index is 469. The van der Waals surface area contributed by atoms with Crippen molar-refractivity contribution >= 4 is 6.16 Å². The second kappa shape index (κ2) is 3.50. The first-order valence-corrected chi connectivity index (χ1v) is 7.81. The summed E-state index contributed by atoms with van der Waals surface area (Å²) >= 11 is 0.